The molecule has 0 saturated carbocycles. The van der Waals surface area contributed by atoms with E-state index in [1.807, 2.05) is 6.07 Å². The van der Waals surface area contributed by atoms with Gasteiger partial charge in [0.25, 0.3) is 0 Å². The topological polar surface area (TPSA) is 16.8 Å². The van der Waals surface area contributed by atoms with Gasteiger partial charge in [0.2, 0.25) is 0 Å². The molecule has 6 heteroatoms. The van der Waals surface area contributed by atoms with Crippen LogP contribution in [-0.2, 0) is 6.54 Å². The summed E-state index contributed by atoms with van der Waals surface area (Å²) >= 11 is 1.75. The Labute approximate surface area is 169 Å². The third-order valence-corrected chi connectivity index (χ3v) is 4.76. The highest BCUT2D eigenvalue weighted by atomic mass is 79.9. The Kier molecular flexibility index (Phi) is 7.99. The van der Waals surface area contributed by atoms with Crippen LogP contribution in [0, 0.1) is 0 Å². The highest BCUT2D eigenvalue weighted by Crippen LogP contribution is 2.29. The van der Waals surface area contributed by atoms with Gasteiger partial charge in [0.05, 0.1) is 44.3 Å². The molecule has 3 rings (SSSR count). The number of hydrogen-bond donors (Lipinski definition) is 0. The lowest BCUT2D eigenvalue weighted by Crippen LogP contribution is -3.00. The summed E-state index contributed by atoms with van der Waals surface area (Å²) in [5.41, 5.74) is 2.28. The molecule has 2 aromatic heterocycles. The first kappa shape index (κ1) is 21.2. The molecule has 0 radical (unpaired) electrons. The average Bonchev–Trinajstić information content (AvgIpc) is 2.90. The molecular weight excluding hydrogens is 450 g/mol. The van der Waals surface area contributed by atoms with Crippen LogP contribution in [0.1, 0.15) is 6.42 Å². The van der Waals surface area contributed by atoms with E-state index in [4.69, 9.17) is 4.98 Å². The zero-order chi connectivity index (χ0) is 15.6. The number of para-hydroxylation sites is 1. The molecule has 0 N–H and O–H groups in total. The van der Waals surface area contributed by atoms with Crippen molar-refractivity contribution in [2.24, 2.45) is 0 Å². The Morgan fingerprint density at radius 1 is 1.00 bits per heavy atom. The quantitative estimate of drug-likeness (QED) is 0.293. The summed E-state index contributed by atoms with van der Waals surface area (Å²) in [6.45, 7) is 2.25. The standard InChI is InChI=1S/C18H23N3S.2BrH/c1-21(2,3)14-6-11-20-12-9-15(10-13-20)18-19-16-7-4-5-8-17(16)22-18;;/h4-5,7-10,12-13H,6,11,14H2,1-3H3;2*1H/q+2;;/p-2. The van der Waals surface area contributed by atoms with E-state index in [9.17, 15) is 0 Å². The second kappa shape index (κ2) is 9.04. The molecule has 3 nitrogen and oxygen atoms in total. The van der Waals surface area contributed by atoms with Gasteiger partial charge in [-0.1, -0.05) is 12.1 Å². The van der Waals surface area contributed by atoms with Crippen LogP contribution in [0.5, 0.6) is 0 Å². The van der Waals surface area contributed by atoms with Crippen molar-refractivity contribution in [1.82, 2.24) is 4.98 Å². The number of aromatic nitrogens is 2. The molecule has 3 aromatic rings. The van der Waals surface area contributed by atoms with Crippen LogP contribution < -0.4 is 38.5 Å². The molecule has 24 heavy (non-hydrogen) atoms. The minimum atomic E-state index is 0. The molecule has 130 valence electrons. The minimum absolute atomic E-state index is 0. The van der Waals surface area contributed by atoms with E-state index in [1.165, 1.54) is 23.2 Å². The number of halogens is 2. The molecule has 0 unspecified atom stereocenters. The maximum absolute atomic E-state index is 4.71. The molecule has 0 fully saturated rings. The van der Waals surface area contributed by atoms with Crippen molar-refractivity contribution < 1.29 is 43.0 Å². The van der Waals surface area contributed by atoms with Crippen LogP contribution in [0.4, 0.5) is 0 Å². The number of pyridine rings is 1. The number of thiazole rings is 1. The molecule has 0 aliphatic carbocycles. The number of fused-ring (bicyclic) bond motifs is 1. The fourth-order valence-electron chi connectivity index (χ4n) is 2.47. The molecular formula is C18H23Br2N3S. The van der Waals surface area contributed by atoms with Crippen LogP contribution >= 0.6 is 11.3 Å². The molecule has 1 aromatic carbocycles. The highest BCUT2D eigenvalue weighted by Gasteiger charge is 2.10. The van der Waals surface area contributed by atoms with Gasteiger partial charge in [-0.15, -0.1) is 11.3 Å². The Bertz CT molecular complexity index is 731. The van der Waals surface area contributed by atoms with Crippen LogP contribution in [0.3, 0.4) is 0 Å². The smallest absolute Gasteiger partial charge is 0.169 e. The van der Waals surface area contributed by atoms with Crippen LogP contribution in [0.2, 0.25) is 0 Å². The summed E-state index contributed by atoms with van der Waals surface area (Å²) in [7, 11) is 6.71. The van der Waals surface area contributed by atoms with E-state index in [1.54, 1.807) is 11.3 Å². The molecule has 0 bridgehead atoms. The van der Waals surface area contributed by atoms with Gasteiger partial charge >= 0.3 is 0 Å². The Hall–Kier alpha value is -0.820. The first-order valence-corrected chi connectivity index (χ1v) is 8.48. The van der Waals surface area contributed by atoms with Gasteiger partial charge in [0.1, 0.15) is 5.01 Å². The highest BCUT2D eigenvalue weighted by molar-refractivity contribution is 7.21. The van der Waals surface area contributed by atoms with Gasteiger partial charge in [-0.3, -0.25) is 0 Å². The second-order valence-corrected chi connectivity index (χ2v) is 7.71. The molecule has 0 saturated heterocycles. The SMILES string of the molecule is C[N+](C)(C)CCC[n+]1ccc(-c2nc3ccccc3s2)cc1.[Br-].[Br-]. The molecule has 0 amide bonds. The molecule has 0 aliphatic rings. The monoisotopic (exact) mass is 471 g/mol. The maximum atomic E-state index is 4.71. The number of quaternary nitrogens is 1. The van der Waals surface area contributed by atoms with Gasteiger partial charge in [0, 0.05) is 17.7 Å². The number of aryl methyl sites for hydroxylation is 1. The third kappa shape index (κ3) is 5.62. The third-order valence-electron chi connectivity index (χ3n) is 3.68. The first-order valence-electron chi connectivity index (χ1n) is 7.67. The van der Waals surface area contributed by atoms with Crippen molar-refractivity contribution in [3.63, 3.8) is 0 Å². The Morgan fingerprint density at radius 3 is 2.29 bits per heavy atom. The van der Waals surface area contributed by atoms with Crippen molar-refractivity contribution in [2.75, 3.05) is 27.7 Å². The zero-order valence-electron chi connectivity index (χ0n) is 14.2. The van der Waals surface area contributed by atoms with E-state index in [2.05, 4.69) is 68.4 Å². The number of nitrogens with zero attached hydrogens (tertiary/aromatic N) is 3. The van der Waals surface area contributed by atoms with E-state index in [0.717, 1.165) is 21.6 Å². The Morgan fingerprint density at radius 2 is 1.67 bits per heavy atom. The van der Waals surface area contributed by atoms with Crippen LogP contribution in [0.25, 0.3) is 20.8 Å². The molecule has 0 aliphatic heterocycles. The average molecular weight is 473 g/mol. The van der Waals surface area contributed by atoms with Gasteiger partial charge in [-0.2, -0.15) is 0 Å². The predicted octanol–water partition coefficient (Wildman–Crippen LogP) is -2.64. The van der Waals surface area contributed by atoms with E-state index >= 15 is 0 Å². The number of benzene rings is 1. The molecule has 2 heterocycles. The summed E-state index contributed by atoms with van der Waals surface area (Å²) in [6.07, 6.45) is 5.52. The summed E-state index contributed by atoms with van der Waals surface area (Å²) in [4.78, 5) is 4.71. The number of rotatable bonds is 5. The van der Waals surface area contributed by atoms with Crippen molar-refractivity contribution in [1.29, 1.82) is 0 Å². The van der Waals surface area contributed by atoms with Crippen molar-refractivity contribution in [2.45, 2.75) is 13.0 Å². The number of hydrogen-bond acceptors (Lipinski definition) is 2. The zero-order valence-corrected chi connectivity index (χ0v) is 18.2. The van der Waals surface area contributed by atoms with Crippen molar-refractivity contribution in [3.8, 4) is 10.6 Å². The predicted molar refractivity (Wildman–Crippen MR) is 92.8 cm³/mol. The van der Waals surface area contributed by atoms with Gasteiger partial charge < -0.3 is 38.4 Å². The van der Waals surface area contributed by atoms with Crippen molar-refractivity contribution in [3.05, 3.63) is 48.8 Å². The van der Waals surface area contributed by atoms with Crippen LogP contribution in [-0.4, -0.2) is 37.2 Å². The largest absolute Gasteiger partial charge is 1.00 e. The fraction of sp³-hybridized carbons (Fsp3) is 0.333. The second-order valence-electron chi connectivity index (χ2n) is 6.68. The molecule has 0 spiro atoms. The molecule has 0 atom stereocenters. The summed E-state index contributed by atoms with van der Waals surface area (Å²) in [5, 5.41) is 1.10. The van der Waals surface area contributed by atoms with E-state index < -0.39 is 0 Å². The summed E-state index contributed by atoms with van der Waals surface area (Å²) < 4.78 is 4.52. The van der Waals surface area contributed by atoms with E-state index in [-0.39, 0.29) is 34.0 Å². The van der Waals surface area contributed by atoms with Crippen LogP contribution in [0.15, 0.2) is 48.8 Å². The van der Waals surface area contributed by atoms with Crippen molar-refractivity contribution >= 4 is 21.6 Å². The summed E-state index contributed by atoms with van der Waals surface area (Å²) in [6, 6.07) is 12.6. The van der Waals surface area contributed by atoms with Gasteiger partial charge in [0.15, 0.2) is 18.9 Å². The van der Waals surface area contributed by atoms with Gasteiger partial charge in [-0.05, 0) is 12.1 Å². The lowest BCUT2D eigenvalue weighted by Gasteiger charge is -2.22. The van der Waals surface area contributed by atoms with Gasteiger partial charge in [-0.25, -0.2) is 9.55 Å². The fourth-order valence-corrected chi connectivity index (χ4v) is 3.44. The lowest BCUT2D eigenvalue weighted by molar-refractivity contribution is -0.873. The lowest BCUT2D eigenvalue weighted by atomic mass is 10.2. The maximum Gasteiger partial charge on any atom is 0.169 e. The Balaban J connectivity index is 0.00000144. The van der Waals surface area contributed by atoms with E-state index in [0.29, 0.717) is 0 Å². The first-order chi connectivity index (χ1) is 10.5. The minimum Gasteiger partial charge on any atom is -1.00 e. The normalized spacial score (nSPS) is 11.0. The summed E-state index contributed by atoms with van der Waals surface area (Å²) in [5.74, 6) is 0.